The van der Waals surface area contributed by atoms with Crippen molar-refractivity contribution in [2.45, 2.75) is 19.4 Å². The molecular weight excluding hydrogens is 311 g/mol. The summed E-state index contributed by atoms with van der Waals surface area (Å²) in [5.41, 5.74) is 2.21. The molecule has 0 saturated heterocycles. The zero-order valence-electron chi connectivity index (χ0n) is 13.0. The number of carbonyl (C=O) groups is 2. The van der Waals surface area contributed by atoms with Crippen molar-refractivity contribution in [1.82, 2.24) is 5.32 Å². The van der Waals surface area contributed by atoms with Gasteiger partial charge in [-0.15, -0.1) is 0 Å². The Morgan fingerprint density at radius 3 is 2.71 bits per heavy atom. The molecule has 24 heavy (non-hydrogen) atoms. The Hall–Kier alpha value is -2.89. The van der Waals surface area contributed by atoms with Gasteiger partial charge in [-0.3, -0.25) is 9.59 Å². The highest BCUT2D eigenvalue weighted by Crippen LogP contribution is 2.28. The van der Waals surface area contributed by atoms with Gasteiger partial charge >= 0.3 is 0 Å². The number of hydrogen-bond acceptors (Lipinski definition) is 3. The maximum Gasteiger partial charge on any atom is 0.227 e. The van der Waals surface area contributed by atoms with Crippen LogP contribution in [0.3, 0.4) is 0 Å². The lowest BCUT2D eigenvalue weighted by molar-refractivity contribution is -0.120. The molecule has 5 nitrogen and oxygen atoms in total. The van der Waals surface area contributed by atoms with Crippen LogP contribution in [0.1, 0.15) is 17.5 Å². The molecule has 2 aromatic carbocycles. The van der Waals surface area contributed by atoms with Gasteiger partial charge < -0.3 is 15.4 Å². The predicted octanol–water partition coefficient (Wildman–Crippen LogP) is 2.41. The SMILES string of the molecule is O=C(Cc1ccc(F)cc1)NCc1ccc2c(c1)NC(=O)CCO2. The van der Waals surface area contributed by atoms with Gasteiger partial charge in [0.05, 0.1) is 25.1 Å². The molecule has 2 amide bonds. The number of anilines is 1. The number of hydrogen-bond donors (Lipinski definition) is 2. The number of benzene rings is 2. The minimum absolute atomic E-state index is 0.0914. The van der Waals surface area contributed by atoms with Crippen molar-refractivity contribution >= 4 is 17.5 Å². The van der Waals surface area contributed by atoms with E-state index in [-0.39, 0.29) is 24.1 Å². The van der Waals surface area contributed by atoms with Crippen LogP contribution in [0.15, 0.2) is 42.5 Å². The van der Waals surface area contributed by atoms with Crippen molar-refractivity contribution in [1.29, 1.82) is 0 Å². The Bertz CT molecular complexity index is 759. The highest BCUT2D eigenvalue weighted by molar-refractivity contribution is 5.93. The van der Waals surface area contributed by atoms with Crippen LogP contribution >= 0.6 is 0 Å². The molecule has 6 heteroatoms. The summed E-state index contributed by atoms with van der Waals surface area (Å²) >= 11 is 0. The molecule has 0 aromatic heterocycles. The summed E-state index contributed by atoms with van der Waals surface area (Å²) in [4.78, 5) is 23.5. The second-order valence-corrected chi connectivity index (χ2v) is 5.56. The number of ether oxygens (including phenoxy) is 1. The first-order valence-electron chi connectivity index (χ1n) is 7.67. The second kappa shape index (κ2) is 7.12. The molecule has 0 bridgehead atoms. The van der Waals surface area contributed by atoms with E-state index in [1.807, 2.05) is 6.07 Å². The molecule has 0 unspecified atom stereocenters. The van der Waals surface area contributed by atoms with Crippen LogP contribution in [0.4, 0.5) is 10.1 Å². The van der Waals surface area contributed by atoms with Gasteiger partial charge in [-0.1, -0.05) is 18.2 Å². The predicted molar refractivity (Wildman–Crippen MR) is 87.1 cm³/mol. The number of amides is 2. The summed E-state index contributed by atoms with van der Waals surface area (Å²) in [6.07, 6.45) is 0.503. The summed E-state index contributed by atoms with van der Waals surface area (Å²) in [6.45, 7) is 0.690. The van der Waals surface area contributed by atoms with Crippen LogP contribution < -0.4 is 15.4 Å². The van der Waals surface area contributed by atoms with E-state index in [0.29, 0.717) is 31.0 Å². The van der Waals surface area contributed by atoms with Crippen LogP contribution in [-0.4, -0.2) is 18.4 Å². The topological polar surface area (TPSA) is 67.4 Å². The van der Waals surface area contributed by atoms with Crippen molar-refractivity contribution in [2.24, 2.45) is 0 Å². The average molecular weight is 328 g/mol. The largest absolute Gasteiger partial charge is 0.491 e. The van der Waals surface area contributed by atoms with Gasteiger partial charge in [0.15, 0.2) is 0 Å². The van der Waals surface area contributed by atoms with E-state index < -0.39 is 0 Å². The molecule has 2 aromatic rings. The maximum atomic E-state index is 12.8. The molecule has 0 aliphatic carbocycles. The Morgan fingerprint density at radius 2 is 1.92 bits per heavy atom. The third kappa shape index (κ3) is 4.10. The van der Waals surface area contributed by atoms with E-state index in [1.165, 1.54) is 12.1 Å². The van der Waals surface area contributed by atoms with Gasteiger partial charge in [0.1, 0.15) is 11.6 Å². The summed E-state index contributed by atoms with van der Waals surface area (Å²) in [5.74, 6) is 0.0544. The molecule has 3 rings (SSSR count). The van der Waals surface area contributed by atoms with Crippen molar-refractivity contribution < 1.29 is 18.7 Å². The van der Waals surface area contributed by atoms with E-state index in [2.05, 4.69) is 10.6 Å². The van der Waals surface area contributed by atoms with Gasteiger partial charge in [-0.2, -0.15) is 0 Å². The molecule has 0 radical (unpaired) electrons. The molecule has 0 fully saturated rings. The number of rotatable bonds is 4. The quantitative estimate of drug-likeness (QED) is 0.906. The second-order valence-electron chi connectivity index (χ2n) is 5.56. The monoisotopic (exact) mass is 328 g/mol. The first-order valence-corrected chi connectivity index (χ1v) is 7.67. The highest BCUT2D eigenvalue weighted by Gasteiger charge is 2.14. The van der Waals surface area contributed by atoms with Gasteiger partial charge in [-0.05, 0) is 35.4 Å². The van der Waals surface area contributed by atoms with Gasteiger partial charge in [0, 0.05) is 6.54 Å². The first kappa shape index (κ1) is 16.0. The lowest BCUT2D eigenvalue weighted by Gasteiger charge is -2.10. The molecular formula is C18H17FN2O3. The van der Waals surface area contributed by atoms with Crippen molar-refractivity contribution in [3.8, 4) is 5.75 Å². The van der Waals surface area contributed by atoms with E-state index >= 15 is 0 Å². The summed E-state index contributed by atoms with van der Waals surface area (Å²) in [5, 5.41) is 5.59. The molecule has 2 N–H and O–H groups in total. The number of carbonyl (C=O) groups excluding carboxylic acids is 2. The minimum atomic E-state index is -0.326. The molecule has 0 saturated carbocycles. The Balaban J connectivity index is 1.59. The van der Waals surface area contributed by atoms with Gasteiger partial charge in [0.25, 0.3) is 0 Å². The first-order chi connectivity index (χ1) is 11.6. The zero-order valence-corrected chi connectivity index (χ0v) is 13.0. The van der Waals surface area contributed by atoms with Crippen molar-refractivity contribution in [3.63, 3.8) is 0 Å². The average Bonchev–Trinajstić information content (AvgIpc) is 2.75. The highest BCUT2D eigenvalue weighted by atomic mass is 19.1. The fourth-order valence-corrected chi connectivity index (χ4v) is 2.43. The summed E-state index contributed by atoms with van der Waals surface area (Å²) in [6, 6.07) is 11.2. The fourth-order valence-electron chi connectivity index (χ4n) is 2.43. The number of halogens is 1. The van der Waals surface area contributed by atoms with Crippen LogP contribution in [0.2, 0.25) is 0 Å². The van der Waals surface area contributed by atoms with Crippen LogP contribution in [-0.2, 0) is 22.6 Å². The Kier molecular flexibility index (Phi) is 4.74. The number of fused-ring (bicyclic) bond motifs is 1. The summed E-state index contributed by atoms with van der Waals surface area (Å²) in [7, 11) is 0. The molecule has 1 aliphatic rings. The van der Waals surface area contributed by atoms with Gasteiger partial charge in [-0.25, -0.2) is 4.39 Å². The smallest absolute Gasteiger partial charge is 0.227 e. The molecule has 124 valence electrons. The Labute approximate surface area is 138 Å². The third-order valence-electron chi connectivity index (χ3n) is 3.67. The molecule has 0 atom stereocenters. The van der Waals surface area contributed by atoms with Crippen LogP contribution in [0.5, 0.6) is 5.75 Å². The molecule has 0 spiro atoms. The Morgan fingerprint density at radius 1 is 1.17 bits per heavy atom. The lowest BCUT2D eigenvalue weighted by atomic mass is 10.1. The summed E-state index contributed by atoms with van der Waals surface area (Å²) < 4.78 is 18.3. The third-order valence-corrected chi connectivity index (χ3v) is 3.67. The molecule has 1 heterocycles. The number of nitrogens with one attached hydrogen (secondary N) is 2. The van der Waals surface area contributed by atoms with Crippen LogP contribution in [0, 0.1) is 5.82 Å². The van der Waals surface area contributed by atoms with E-state index in [9.17, 15) is 14.0 Å². The van der Waals surface area contributed by atoms with Crippen LogP contribution in [0.25, 0.3) is 0 Å². The lowest BCUT2D eigenvalue weighted by Crippen LogP contribution is -2.24. The van der Waals surface area contributed by atoms with Crippen molar-refractivity contribution in [2.75, 3.05) is 11.9 Å². The minimum Gasteiger partial charge on any atom is -0.491 e. The zero-order chi connectivity index (χ0) is 16.9. The fraction of sp³-hybridized carbons (Fsp3) is 0.222. The van der Waals surface area contributed by atoms with E-state index in [0.717, 1.165) is 11.1 Å². The van der Waals surface area contributed by atoms with E-state index in [4.69, 9.17) is 4.74 Å². The standard InChI is InChI=1S/C18H17FN2O3/c19-14-4-1-12(2-5-14)10-18(23)20-11-13-3-6-16-15(9-13)21-17(22)7-8-24-16/h1-6,9H,7-8,10-11H2,(H,20,23)(H,21,22). The van der Waals surface area contributed by atoms with Crippen molar-refractivity contribution in [3.05, 3.63) is 59.4 Å². The maximum absolute atomic E-state index is 12.8. The molecule has 1 aliphatic heterocycles. The van der Waals surface area contributed by atoms with Gasteiger partial charge in [0.2, 0.25) is 11.8 Å². The normalized spacial score (nSPS) is 13.3. The van der Waals surface area contributed by atoms with E-state index in [1.54, 1.807) is 24.3 Å².